The number of aromatic nitrogens is 1. The van der Waals surface area contributed by atoms with E-state index in [2.05, 4.69) is 61.4 Å². The molecule has 0 saturated carbocycles. The summed E-state index contributed by atoms with van der Waals surface area (Å²) >= 11 is 0. The van der Waals surface area contributed by atoms with Crippen molar-refractivity contribution in [2.75, 3.05) is 26.7 Å². The Hall–Kier alpha value is -12.0. The van der Waals surface area contributed by atoms with Gasteiger partial charge in [-0.25, -0.2) is 9.59 Å². The van der Waals surface area contributed by atoms with Crippen molar-refractivity contribution < 1.29 is 131 Å². The molecule has 1 aromatic heterocycles. The molecule has 0 radical (unpaired) electrons. The quantitative estimate of drug-likeness (QED) is 0.0223. The Kier molecular flexibility index (Phi) is 40.7. The Morgan fingerprint density at radius 3 is 1.77 bits per heavy atom. The first-order valence-electron chi connectivity index (χ1n) is 37.1. The number of hydrogen-bond donors (Lipinski definition) is 22. The third kappa shape index (κ3) is 33.3. The Morgan fingerprint density at radius 2 is 1.18 bits per heavy atom. The number of carbonyl (C=O) groups excluding carboxylic acids is 16. The predicted molar refractivity (Wildman–Crippen MR) is 399 cm³/mol. The van der Waals surface area contributed by atoms with E-state index in [0.29, 0.717) is 40.1 Å². The summed E-state index contributed by atoms with van der Waals surface area (Å²) in [6.45, 7) is 6.47. The summed E-state index contributed by atoms with van der Waals surface area (Å²) in [6, 6.07) is -16.1. The van der Waals surface area contributed by atoms with Gasteiger partial charge < -0.3 is 126 Å². The van der Waals surface area contributed by atoms with Gasteiger partial charge in [-0.15, -0.1) is 0 Å². The van der Waals surface area contributed by atoms with E-state index in [-0.39, 0.29) is 38.6 Å². The Balaban J connectivity index is 2.27. The largest absolute Gasteiger partial charge is 0.481 e. The molecule has 3 rings (SSSR count). The highest BCUT2D eigenvalue weighted by Gasteiger charge is 2.43. The number of nitrogens with one attached hydrogen (secondary N) is 13. The van der Waals surface area contributed by atoms with Gasteiger partial charge in [0.15, 0.2) is 12.2 Å². The number of likely N-dealkylation sites (N-methyl/N-ethyl adjacent to an activating group) is 1. The van der Waals surface area contributed by atoms with Crippen LogP contribution in [-0.4, -0.2) is 270 Å². The SMILES string of the molecule is CCC(C)C1NC(=O)C(CCC(=O)O)NC(=O)C(CC(N)=O)NC(=O)CNC(=O)C(C(O)C(=O)O)NC(=O)C(CCCCN)NC(=O)C(CC(=O)O)NC(=O)C(C)NC(=O)CN(C)C(=O)C(NC(=O)C(NC(=O)C(CCC(=O)O)NC(=O)C(Cc2c[nH]c3ccccc23)NC(=O)CCCCCCC(C)C)C(O)C(N)=O)C(C)OC1=O. The van der Waals surface area contributed by atoms with Crippen LogP contribution in [0.1, 0.15) is 150 Å². The van der Waals surface area contributed by atoms with Crippen molar-refractivity contribution in [2.24, 2.45) is 29.0 Å². The first kappa shape index (κ1) is 97.2. The molecule has 1 aliphatic rings. The number of fused-ring (bicyclic) bond motifs is 1. The summed E-state index contributed by atoms with van der Waals surface area (Å²) in [5.41, 5.74) is 17.7. The molecular formula is C71H107N17O27. The fourth-order valence-electron chi connectivity index (χ4n) is 11.6. The van der Waals surface area contributed by atoms with Crippen LogP contribution >= 0.6 is 0 Å². The molecule has 0 bridgehead atoms. The number of aliphatic hydroxyl groups is 2. The van der Waals surface area contributed by atoms with Gasteiger partial charge in [0.25, 0.3) is 0 Å². The van der Waals surface area contributed by atoms with E-state index in [0.717, 1.165) is 40.2 Å². The molecule has 0 aliphatic carbocycles. The number of rotatable bonds is 36. The number of primary amides is 2. The number of carboxylic acid groups (broad SMARTS) is 4. The van der Waals surface area contributed by atoms with Crippen molar-refractivity contribution in [3.63, 3.8) is 0 Å². The lowest BCUT2D eigenvalue weighted by Gasteiger charge is -2.32. The first-order chi connectivity index (χ1) is 54.0. The standard InChI is InChI=1S/C71H107N17O27/c1-8-34(4)53-71(114)115-36(6)54(85-68(110)55(57(99)59(74)101)86-63(105)42(23-25-51(95)96)81-64(106)43(27-37-30-75-39-19-14-13-18-38(37)39)78-47(90)21-12-10-9-11-17-33(2)3)69(111)88(7)32-49(92)77-35(5)60(102)83-45(29-52(97)98)66(108)80-40(20-15-16-26-72)61(103)87-56(58(100)70(112)113)67(109)76-31-48(91)79-44(28-46(73)89)65(107)82-41(62(104)84-53)22-24-50(93)94/h13-14,18-19,30,33-36,40-45,53-58,75,99-100H,8-12,15-17,20-29,31-32,72H2,1-7H3,(H2,73,89)(H2,74,101)(H,76,109)(H,77,92)(H,78,90)(H,79,91)(H,80,108)(H,81,106)(H,82,107)(H,83,102)(H,84,104)(H,85,110)(H,86,105)(H,87,103)(H,93,94)(H,95,96)(H,97,98)(H,112,113). The molecule has 2 aromatic rings. The summed E-state index contributed by atoms with van der Waals surface area (Å²) < 4.78 is 5.74. The second-order valence-electron chi connectivity index (χ2n) is 28.1. The maximum Gasteiger partial charge on any atom is 0.335 e. The van der Waals surface area contributed by atoms with Crippen LogP contribution < -0.4 is 81.0 Å². The lowest BCUT2D eigenvalue weighted by atomic mass is 9.98. The molecule has 1 aromatic carbocycles. The van der Waals surface area contributed by atoms with Gasteiger partial charge in [0.2, 0.25) is 88.6 Å². The summed E-state index contributed by atoms with van der Waals surface area (Å²) in [6.07, 6.45) is -8.72. The van der Waals surface area contributed by atoms with E-state index < -0.39 is 267 Å². The van der Waals surface area contributed by atoms with Crippen molar-refractivity contribution in [1.82, 2.24) is 73.7 Å². The van der Waals surface area contributed by atoms with Gasteiger partial charge in [-0.2, -0.15) is 0 Å². The van der Waals surface area contributed by atoms with Crippen molar-refractivity contribution in [3.05, 3.63) is 36.0 Å². The molecule has 1 fully saturated rings. The van der Waals surface area contributed by atoms with Crippen LogP contribution in [0.15, 0.2) is 30.5 Å². The smallest absolute Gasteiger partial charge is 0.335 e. The number of ether oxygens (including phenoxy) is 1. The maximum absolute atomic E-state index is 15.0. The van der Waals surface area contributed by atoms with Gasteiger partial charge >= 0.3 is 29.8 Å². The molecule has 0 spiro atoms. The highest BCUT2D eigenvalue weighted by atomic mass is 16.5. The minimum absolute atomic E-state index is 0.0127. The number of nitrogens with two attached hydrogens (primary N) is 3. The van der Waals surface area contributed by atoms with Crippen LogP contribution in [0.4, 0.5) is 0 Å². The summed E-state index contributed by atoms with van der Waals surface area (Å²) in [7, 11) is 0.888. The van der Waals surface area contributed by atoms with E-state index in [1.54, 1.807) is 30.5 Å². The second kappa shape index (κ2) is 48.2. The predicted octanol–water partition coefficient (Wildman–Crippen LogP) is -6.87. The fourth-order valence-corrected chi connectivity index (χ4v) is 11.6. The average molecular weight is 1630 g/mol. The van der Waals surface area contributed by atoms with Crippen LogP contribution in [-0.2, 0) is 107 Å². The molecule has 638 valence electrons. The van der Waals surface area contributed by atoms with Gasteiger partial charge in [0, 0.05) is 49.8 Å². The molecule has 44 heteroatoms. The zero-order chi connectivity index (χ0) is 86.7. The van der Waals surface area contributed by atoms with Crippen molar-refractivity contribution in [3.8, 4) is 0 Å². The molecule has 1 aliphatic heterocycles. The van der Waals surface area contributed by atoms with Crippen molar-refractivity contribution >= 4 is 129 Å². The number of aromatic amines is 1. The molecule has 1 saturated heterocycles. The minimum Gasteiger partial charge on any atom is -0.481 e. The van der Waals surface area contributed by atoms with E-state index in [1.807, 2.05) is 21.3 Å². The van der Waals surface area contributed by atoms with Crippen LogP contribution in [0.25, 0.3) is 10.9 Å². The molecule has 2 heterocycles. The number of para-hydroxylation sites is 1. The number of nitrogens with zero attached hydrogens (tertiary/aromatic N) is 1. The highest BCUT2D eigenvalue weighted by molar-refractivity contribution is 6.02. The lowest BCUT2D eigenvalue weighted by molar-refractivity contribution is -0.159. The van der Waals surface area contributed by atoms with Gasteiger partial charge in [0.1, 0.15) is 72.6 Å². The van der Waals surface area contributed by atoms with Crippen molar-refractivity contribution in [1.29, 1.82) is 0 Å². The number of carboxylic acids is 4. The summed E-state index contributed by atoms with van der Waals surface area (Å²) in [4.78, 5) is 276. The van der Waals surface area contributed by atoms with E-state index in [4.69, 9.17) is 21.9 Å². The zero-order valence-corrected chi connectivity index (χ0v) is 64.7. The number of amides is 15. The minimum atomic E-state index is -2.84. The number of carbonyl (C=O) groups is 20. The highest BCUT2D eigenvalue weighted by Crippen LogP contribution is 2.21. The number of aliphatic hydroxyl groups excluding tert-OH is 2. The van der Waals surface area contributed by atoms with Gasteiger partial charge in [0.05, 0.1) is 25.9 Å². The zero-order valence-electron chi connectivity index (χ0n) is 64.7. The number of unbranched alkanes of at least 4 members (excludes halogenated alkanes) is 4. The first-order valence-corrected chi connectivity index (χ1v) is 37.1. The van der Waals surface area contributed by atoms with Crippen molar-refractivity contribution in [2.45, 2.75) is 235 Å². The topological polar surface area (TPSA) is 713 Å². The maximum atomic E-state index is 15.0. The third-order valence-corrected chi connectivity index (χ3v) is 18.3. The van der Waals surface area contributed by atoms with Crippen LogP contribution in [0.2, 0.25) is 0 Å². The Labute approximate surface area is 659 Å². The number of esters is 1. The van der Waals surface area contributed by atoms with E-state index >= 15 is 0 Å². The molecule has 15 unspecified atom stereocenters. The molecule has 115 heavy (non-hydrogen) atoms. The number of aliphatic carboxylic acids is 4. The number of H-pyrrole nitrogens is 1. The molecule has 44 nitrogen and oxygen atoms in total. The fraction of sp³-hybridized carbons (Fsp3) is 0.606. The molecular weight excluding hydrogens is 1520 g/mol. The van der Waals surface area contributed by atoms with Crippen LogP contribution in [0.3, 0.4) is 0 Å². The van der Waals surface area contributed by atoms with Crippen LogP contribution in [0.5, 0.6) is 0 Å². The number of hydrogen-bond acceptors (Lipinski definition) is 24. The summed E-state index contributed by atoms with van der Waals surface area (Å²) in [5.74, 6) is -29.8. The summed E-state index contributed by atoms with van der Waals surface area (Å²) in [5, 5.41) is 87.8. The van der Waals surface area contributed by atoms with Gasteiger partial charge in [-0.1, -0.05) is 78.0 Å². The van der Waals surface area contributed by atoms with E-state index in [1.165, 1.54) is 13.8 Å². The number of cyclic esters (lactones) is 1. The lowest BCUT2D eigenvalue weighted by Crippen LogP contribution is -2.64. The van der Waals surface area contributed by atoms with Gasteiger partial charge in [-0.05, 0) is 82.4 Å². The number of benzene rings is 1. The second-order valence-corrected chi connectivity index (χ2v) is 28.1. The normalized spacial score (nSPS) is 21.9. The molecule has 25 N–H and O–H groups in total. The Morgan fingerprint density at radius 1 is 0.600 bits per heavy atom. The average Bonchev–Trinajstić information content (AvgIpc) is 1.53. The van der Waals surface area contributed by atoms with Gasteiger partial charge in [-0.3, -0.25) is 86.3 Å². The van der Waals surface area contributed by atoms with E-state index in [9.17, 15) is 127 Å². The molecule has 15 amide bonds. The molecule has 15 atom stereocenters. The Bertz CT molecular complexity index is 3840. The van der Waals surface area contributed by atoms with Crippen LogP contribution in [0, 0.1) is 11.8 Å². The monoisotopic (exact) mass is 1630 g/mol. The third-order valence-electron chi connectivity index (χ3n) is 18.3.